The minimum Gasteiger partial charge on any atom is -0.287 e. The molecular weight excluding hydrogens is 144 g/mol. The van der Waals surface area contributed by atoms with Gasteiger partial charge in [0.15, 0.2) is 5.12 Å². The molecule has 0 aliphatic rings. The smallest absolute Gasteiger partial charge is 0.189 e. The molecule has 0 aromatic carbocycles. The van der Waals surface area contributed by atoms with Crippen molar-refractivity contribution in [2.45, 2.75) is 33.6 Å². The summed E-state index contributed by atoms with van der Waals surface area (Å²) in [5, 5.41) is 0.344. The van der Waals surface area contributed by atoms with E-state index >= 15 is 0 Å². The topological polar surface area (TPSA) is 17.1 Å². The minimum atomic E-state index is 0.344. The summed E-state index contributed by atoms with van der Waals surface area (Å²) in [4.78, 5) is 11.0. The van der Waals surface area contributed by atoms with E-state index in [-0.39, 0.29) is 0 Å². The molecule has 0 N–H and O–H groups in total. The SMILES string of the molecule is CCCSC(=O)CC(C)C. The van der Waals surface area contributed by atoms with E-state index in [1.54, 1.807) is 0 Å². The van der Waals surface area contributed by atoms with Crippen LogP contribution in [0.3, 0.4) is 0 Å². The van der Waals surface area contributed by atoms with Gasteiger partial charge < -0.3 is 0 Å². The van der Waals surface area contributed by atoms with E-state index in [2.05, 4.69) is 20.8 Å². The van der Waals surface area contributed by atoms with Crippen LogP contribution in [0, 0.1) is 5.92 Å². The Morgan fingerprint density at radius 2 is 2.10 bits per heavy atom. The molecule has 60 valence electrons. The number of thioether (sulfide) groups is 1. The largest absolute Gasteiger partial charge is 0.287 e. The van der Waals surface area contributed by atoms with Crippen LogP contribution in [-0.2, 0) is 4.79 Å². The molecule has 0 aliphatic carbocycles. The van der Waals surface area contributed by atoms with Gasteiger partial charge in [-0.15, -0.1) is 0 Å². The summed E-state index contributed by atoms with van der Waals surface area (Å²) in [6, 6.07) is 0. The van der Waals surface area contributed by atoms with Crippen LogP contribution in [0.4, 0.5) is 0 Å². The zero-order valence-electron chi connectivity index (χ0n) is 7.02. The van der Waals surface area contributed by atoms with Gasteiger partial charge in [0.05, 0.1) is 0 Å². The number of hydrogen-bond acceptors (Lipinski definition) is 2. The zero-order chi connectivity index (χ0) is 7.98. The fourth-order valence-corrected chi connectivity index (χ4v) is 1.49. The molecular formula is C8H16OS. The molecule has 0 saturated heterocycles. The van der Waals surface area contributed by atoms with Gasteiger partial charge in [-0.05, 0) is 12.3 Å². The molecule has 0 fully saturated rings. The van der Waals surface area contributed by atoms with Crippen LogP contribution in [0.1, 0.15) is 33.6 Å². The quantitative estimate of drug-likeness (QED) is 0.629. The highest BCUT2D eigenvalue weighted by Crippen LogP contribution is 2.11. The Bertz CT molecular complexity index is 99.4. The van der Waals surface area contributed by atoms with Gasteiger partial charge in [0.25, 0.3) is 0 Å². The second kappa shape index (κ2) is 5.78. The Morgan fingerprint density at radius 1 is 1.50 bits per heavy atom. The Morgan fingerprint density at radius 3 is 2.50 bits per heavy atom. The standard InChI is InChI=1S/C8H16OS/c1-4-5-10-8(9)6-7(2)3/h7H,4-6H2,1-3H3. The predicted octanol–water partition coefficient (Wildman–Crippen LogP) is 2.70. The lowest BCUT2D eigenvalue weighted by molar-refractivity contribution is -0.111. The van der Waals surface area contributed by atoms with Crippen molar-refractivity contribution in [2.24, 2.45) is 5.92 Å². The van der Waals surface area contributed by atoms with Crippen molar-refractivity contribution in [3.05, 3.63) is 0 Å². The molecule has 0 rings (SSSR count). The Balaban J connectivity index is 3.26. The summed E-state index contributed by atoms with van der Waals surface area (Å²) in [5.74, 6) is 1.49. The molecule has 0 bridgehead atoms. The van der Waals surface area contributed by atoms with E-state index < -0.39 is 0 Å². The molecule has 0 amide bonds. The van der Waals surface area contributed by atoms with Gasteiger partial charge in [0.2, 0.25) is 0 Å². The summed E-state index contributed by atoms with van der Waals surface area (Å²) < 4.78 is 0. The van der Waals surface area contributed by atoms with Crippen molar-refractivity contribution in [3.63, 3.8) is 0 Å². The van der Waals surface area contributed by atoms with Crippen molar-refractivity contribution in [2.75, 3.05) is 5.75 Å². The van der Waals surface area contributed by atoms with Crippen LogP contribution >= 0.6 is 11.8 Å². The van der Waals surface area contributed by atoms with Crippen molar-refractivity contribution < 1.29 is 4.79 Å². The summed E-state index contributed by atoms with van der Waals surface area (Å²) in [6.07, 6.45) is 1.82. The highest BCUT2D eigenvalue weighted by atomic mass is 32.2. The van der Waals surface area contributed by atoms with Gasteiger partial charge in [0.1, 0.15) is 0 Å². The van der Waals surface area contributed by atoms with Gasteiger partial charge in [-0.2, -0.15) is 0 Å². The fraction of sp³-hybridized carbons (Fsp3) is 0.875. The third kappa shape index (κ3) is 6.14. The van der Waals surface area contributed by atoms with Crippen molar-refractivity contribution in [1.82, 2.24) is 0 Å². The first kappa shape index (κ1) is 10.0. The van der Waals surface area contributed by atoms with Crippen LogP contribution in [0.5, 0.6) is 0 Å². The number of rotatable bonds is 4. The Kier molecular flexibility index (Phi) is 5.79. The average molecular weight is 160 g/mol. The molecule has 0 aliphatic heterocycles. The highest BCUT2D eigenvalue weighted by Gasteiger charge is 2.03. The molecule has 0 saturated carbocycles. The van der Waals surface area contributed by atoms with Gasteiger partial charge in [-0.3, -0.25) is 4.79 Å². The van der Waals surface area contributed by atoms with E-state index in [1.807, 2.05) is 0 Å². The first-order valence-corrected chi connectivity index (χ1v) is 4.81. The van der Waals surface area contributed by atoms with E-state index in [0.29, 0.717) is 11.0 Å². The first-order chi connectivity index (χ1) is 4.66. The van der Waals surface area contributed by atoms with Crippen LogP contribution < -0.4 is 0 Å². The Hall–Kier alpha value is 0.0200. The summed E-state index contributed by atoms with van der Waals surface area (Å²) in [5.41, 5.74) is 0. The van der Waals surface area contributed by atoms with Gasteiger partial charge in [0, 0.05) is 12.2 Å². The van der Waals surface area contributed by atoms with Crippen LogP contribution in [0.25, 0.3) is 0 Å². The van der Waals surface area contributed by atoms with E-state index in [1.165, 1.54) is 11.8 Å². The van der Waals surface area contributed by atoms with Crippen LogP contribution in [-0.4, -0.2) is 10.9 Å². The van der Waals surface area contributed by atoms with Gasteiger partial charge in [-0.1, -0.05) is 32.5 Å². The molecule has 0 aromatic rings. The van der Waals surface area contributed by atoms with Crippen molar-refractivity contribution in [1.29, 1.82) is 0 Å². The monoisotopic (exact) mass is 160 g/mol. The van der Waals surface area contributed by atoms with Crippen molar-refractivity contribution >= 4 is 16.9 Å². The average Bonchev–Trinajstić information content (AvgIpc) is 1.82. The molecule has 0 heterocycles. The molecule has 0 atom stereocenters. The maximum absolute atomic E-state index is 11.0. The lowest BCUT2D eigenvalue weighted by Crippen LogP contribution is -1.98. The summed E-state index contributed by atoms with van der Waals surface area (Å²) >= 11 is 1.47. The molecule has 0 aromatic heterocycles. The second-order valence-electron chi connectivity index (χ2n) is 2.82. The molecule has 0 radical (unpaired) electrons. The lowest BCUT2D eigenvalue weighted by Gasteiger charge is -2.01. The lowest BCUT2D eigenvalue weighted by atomic mass is 10.2. The van der Waals surface area contributed by atoms with E-state index in [0.717, 1.165) is 18.6 Å². The fourth-order valence-electron chi connectivity index (χ4n) is 0.608. The van der Waals surface area contributed by atoms with Crippen LogP contribution in [0.2, 0.25) is 0 Å². The van der Waals surface area contributed by atoms with Crippen molar-refractivity contribution in [3.8, 4) is 0 Å². The summed E-state index contributed by atoms with van der Waals surface area (Å²) in [7, 11) is 0. The van der Waals surface area contributed by atoms with E-state index in [9.17, 15) is 4.79 Å². The molecule has 2 heteroatoms. The molecule has 1 nitrogen and oxygen atoms in total. The second-order valence-corrected chi connectivity index (χ2v) is 3.97. The summed E-state index contributed by atoms with van der Waals surface area (Å²) in [6.45, 7) is 6.24. The number of carbonyl (C=O) groups excluding carboxylic acids is 1. The molecule has 0 unspecified atom stereocenters. The Labute approximate surface area is 67.6 Å². The highest BCUT2D eigenvalue weighted by molar-refractivity contribution is 8.13. The van der Waals surface area contributed by atoms with Gasteiger partial charge >= 0.3 is 0 Å². The number of hydrogen-bond donors (Lipinski definition) is 0. The maximum Gasteiger partial charge on any atom is 0.189 e. The first-order valence-electron chi connectivity index (χ1n) is 3.82. The maximum atomic E-state index is 11.0. The molecule has 10 heavy (non-hydrogen) atoms. The number of carbonyl (C=O) groups is 1. The normalized spacial score (nSPS) is 10.4. The zero-order valence-corrected chi connectivity index (χ0v) is 7.83. The van der Waals surface area contributed by atoms with Gasteiger partial charge in [-0.25, -0.2) is 0 Å². The molecule has 0 spiro atoms. The minimum absolute atomic E-state index is 0.344. The third-order valence-electron chi connectivity index (χ3n) is 1.04. The predicted molar refractivity (Wildman–Crippen MR) is 47.2 cm³/mol. The third-order valence-corrected chi connectivity index (χ3v) is 2.14. The van der Waals surface area contributed by atoms with E-state index in [4.69, 9.17) is 0 Å². The van der Waals surface area contributed by atoms with Crippen LogP contribution in [0.15, 0.2) is 0 Å².